The van der Waals surface area contributed by atoms with Gasteiger partial charge in [0.05, 0.1) is 6.54 Å². The normalized spacial score (nSPS) is 25.0. The van der Waals surface area contributed by atoms with Crippen molar-refractivity contribution in [2.45, 2.75) is 64.6 Å². The molecule has 2 fully saturated rings. The number of hydrogen-bond donors (Lipinski definition) is 2. The molecule has 0 bridgehead atoms. The molecule has 1 saturated heterocycles. The molecule has 2 aliphatic rings. The molecule has 1 saturated carbocycles. The summed E-state index contributed by atoms with van der Waals surface area (Å²) >= 11 is 0. The van der Waals surface area contributed by atoms with Crippen molar-refractivity contribution in [1.29, 1.82) is 0 Å². The molecule has 0 aromatic rings. The maximum absolute atomic E-state index is 12.6. The van der Waals surface area contributed by atoms with Crippen molar-refractivity contribution in [1.82, 2.24) is 15.1 Å². The van der Waals surface area contributed by atoms with Gasteiger partial charge in [-0.2, -0.15) is 0 Å². The van der Waals surface area contributed by atoms with Crippen molar-refractivity contribution in [2.24, 2.45) is 5.92 Å². The Kier molecular flexibility index (Phi) is 6.21. The lowest BCUT2D eigenvalue weighted by molar-refractivity contribution is -0.141. The van der Waals surface area contributed by atoms with Crippen molar-refractivity contribution >= 4 is 17.8 Å². The zero-order valence-electron chi connectivity index (χ0n) is 14.8. The third kappa shape index (κ3) is 4.26. The Morgan fingerprint density at radius 2 is 2.04 bits per heavy atom. The van der Waals surface area contributed by atoms with Crippen molar-refractivity contribution in [3.63, 3.8) is 0 Å². The van der Waals surface area contributed by atoms with E-state index in [1.54, 1.807) is 4.90 Å². The Bertz CT molecular complexity index is 488. The van der Waals surface area contributed by atoms with Crippen LogP contribution in [0.15, 0.2) is 0 Å². The van der Waals surface area contributed by atoms with Crippen LogP contribution >= 0.6 is 0 Å². The topological polar surface area (TPSA) is 90.0 Å². The van der Waals surface area contributed by atoms with Gasteiger partial charge in [0.25, 0.3) is 0 Å². The fourth-order valence-corrected chi connectivity index (χ4v) is 3.73. The molecule has 24 heavy (non-hydrogen) atoms. The van der Waals surface area contributed by atoms with Crippen LogP contribution in [-0.4, -0.2) is 70.4 Å². The van der Waals surface area contributed by atoms with Crippen LogP contribution in [0.3, 0.4) is 0 Å². The highest BCUT2D eigenvalue weighted by Gasteiger charge is 2.39. The van der Waals surface area contributed by atoms with E-state index >= 15 is 0 Å². The lowest BCUT2D eigenvalue weighted by atomic mass is 9.85. The third-order valence-corrected chi connectivity index (χ3v) is 5.07. The summed E-state index contributed by atoms with van der Waals surface area (Å²) in [7, 11) is 0. The Labute approximate surface area is 143 Å². The summed E-state index contributed by atoms with van der Waals surface area (Å²) < 4.78 is 0. The number of nitrogens with one attached hydrogen (secondary N) is 1. The fourth-order valence-electron chi connectivity index (χ4n) is 3.73. The average molecular weight is 339 g/mol. The van der Waals surface area contributed by atoms with E-state index in [1.807, 2.05) is 25.7 Å². The predicted molar refractivity (Wildman–Crippen MR) is 89.4 cm³/mol. The van der Waals surface area contributed by atoms with Crippen LogP contribution in [0.5, 0.6) is 0 Å². The highest BCUT2D eigenvalue weighted by molar-refractivity contribution is 5.89. The van der Waals surface area contributed by atoms with Gasteiger partial charge in [-0.3, -0.25) is 19.3 Å². The molecule has 136 valence electrons. The van der Waals surface area contributed by atoms with Crippen molar-refractivity contribution in [3.8, 4) is 0 Å². The van der Waals surface area contributed by atoms with Gasteiger partial charge in [0.2, 0.25) is 11.8 Å². The highest BCUT2D eigenvalue weighted by atomic mass is 16.4. The van der Waals surface area contributed by atoms with E-state index in [-0.39, 0.29) is 36.4 Å². The summed E-state index contributed by atoms with van der Waals surface area (Å²) in [6.45, 7) is 7.26. The molecule has 2 N–H and O–H groups in total. The lowest BCUT2D eigenvalue weighted by Crippen LogP contribution is -2.59. The molecule has 1 heterocycles. The van der Waals surface area contributed by atoms with Crippen molar-refractivity contribution in [2.75, 3.05) is 19.6 Å². The second-order valence-corrected chi connectivity index (χ2v) is 7.17. The molecule has 0 radical (unpaired) electrons. The summed E-state index contributed by atoms with van der Waals surface area (Å²) in [5.41, 5.74) is 0. The van der Waals surface area contributed by atoms with E-state index in [4.69, 9.17) is 5.11 Å². The van der Waals surface area contributed by atoms with E-state index in [9.17, 15) is 14.4 Å². The Balaban J connectivity index is 1.86. The maximum atomic E-state index is 12.6. The van der Waals surface area contributed by atoms with Gasteiger partial charge in [-0.1, -0.05) is 20.8 Å². The van der Waals surface area contributed by atoms with Crippen molar-refractivity contribution in [3.05, 3.63) is 0 Å². The van der Waals surface area contributed by atoms with Crippen molar-refractivity contribution < 1.29 is 19.5 Å². The number of carbonyl (C=O) groups excluding carboxylic acids is 2. The second kappa shape index (κ2) is 7.96. The van der Waals surface area contributed by atoms with Gasteiger partial charge >= 0.3 is 5.97 Å². The minimum absolute atomic E-state index is 0.0404. The molecule has 7 nitrogen and oxygen atoms in total. The third-order valence-electron chi connectivity index (χ3n) is 5.07. The van der Waals surface area contributed by atoms with Crippen LogP contribution < -0.4 is 5.32 Å². The fraction of sp³-hybridized carbons (Fsp3) is 0.824. The Hall–Kier alpha value is -1.63. The summed E-state index contributed by atoms with van der Waals surface area (Å²) in [5.74, 6) is -0.766. The van der Waals surface area contributed by atoms with Crippen LogP contribution in [0.4, 0.5) is 0 Å². The zero-order chi connectivity index (χ0) is 17.9. The molecular weight excluding hydrogens is 310 g/mol. The van der Waals surface area contributed by atoms with E-state index in [1.165, 1.54) is 0 Å². The van der Waals surface area contributed by atoms with Gasteiger partial charge in [-0.25, -0.2) is 0 Å². The smallest absolute Gasteiger partial charge is 0.317 e. The molecular formula is C17H29N3O4. The molecule has 7 heteroatoms. The van der Waals surface area contributed by atoms with Crippen LogP contribution in [0, 0.1) is 5.92 Å². The molecule has 2 rings (SSSR count). The van der Waals surface area contributed by atoms with Gasteiger partial charge in [-0.15, -0.1) is 0 Å². The van der Waals surface area contributed by atoms with Crippen LogP contribution in [0.2, 0.25) is 0 Å². The van der Waals surface area contributed by atoms with Gasteiger partial charge in [-0.05, 0) is 31.7 Å². The molecule has 1 aliphatic carbocycles. The number of rotatable bonds is 8. The van der Waals surface area contributed by atoms with Crippen LogP contribution in [-0.2, 0) is 14.4 Å². The quantitative estimate of drug-likeness (QED) is 0.679. The summed E-state index contributed by atoms with van der Waals surface area (Å²) in [6, 6.07) is -0.119. The number of carbonyl (C=O) groups is 3. The van der Waals surface area contributed by atoms with E-state index in [0.717, 1.165) is 19.3 Å². The number of likely N-dealkylation sites (tertiary alicyclic amines) is 1. The number of hydrogen-bond acceptors (Lipinski definition) is 4. The largest absolute Gasteiger partial charge is 0.480 e. The number of nitrogens with zero attached hydrogens (tertiary/aromatic N) is 2. The molecule has 0 aromatic heterocycles. The Morgan fingerprint density at radius 3 is 2.50 bits per heavy atom. The van der Waals surface area contributed by atoms with Gasteiger partial charge in [0, 0.05) is 25.0 Å². The van der Waals surface area contributed by atoms with Gasteiger partial charge in [0.15, 0.2) is 0 Å². The highest BCUT2D eigenvalue weighted by Crippen LogP contribution is 2.27. The summed E-state index contributed by atoms with van der Waals surface area (Å²) in [6.07, 6.45) is 2.89. The molecule has 0 spiro atoms. The molecule has 1 aliphatic heterocycles. The van der Waals surface area contributed by atoms with E-state index < -0.39 is 12.0 Å². The standard InChI is InChI=1S/C17H29N3O4/c1-4-19(10-15(22)23)13-8-12(9-13)18-17(24)16(11(2)3)20-7-5-6-14(20)21/h11-13,16H,4-10H2,1-3H3,(H,18,24)(H,22,23). The number of carboxylic acids is 1. The number of amides is 2. The SMILES string of the molecule is CCN(CC(=O)O)C1CC(NC(=O)C(C(C)C)N2CCCC2=O)C1. The zero-order valence-corrected chi connectivity index (χ0v) is 14.8. The predicted octanol–water partition coefficient (Wildman–Crippen LogP) is 0.687. The number of carboxylic acid groups (broad SMARTS) is 1. The number of likely N-dealkylation sites (N-methyl/N-ethyl adjacent to an activating group) is 1. The van der Waals surface area contributed by atoms with Crippen LogP contribution in [0.1, 0.15) is 46.5 Å². The van der Waals surface area contributed by atoms with Crippen LogP contribution in [0.25, 0.3) is 0 Å². The maximum Gasteiger partial charge on any atom is 0.317 e. The van der Waals surface area contributed by atoms with Gasteiger partial charge in [0.1, 0.15) is 6.04 Å². The first-order valence-corrected chi connectivity index (χ1v) is 8.89. The van der Waals surface area contributed by atoms with Gasteiger partial charge < -0.3 is 15.3 Å². The minimum atomic E-state index is -0.822. The van der Waals surface area contributed by atoms with E-state index in [0.29, 0.717) is 19.5 Å². The summed E-state index contributed by atoms with van der Waals surface area (Å²) in [5, 5.41) is 12.0. The summed E-state index contributed by atoms with van der Waals surface area (Å²) in [4.78, 5) is 39.1. The minimum Gasteiger partial charge on any atom is -0.480 e. The first kappa shape index (κ1) is 18.7. The first-order valence-electron chi connectivity index (χ1n) is 8.89. The second-order valence-electron chi connectivity index (χ2n) is 7.17. The Morgan fingerprint density at radius 1 is 1.38 bits per heavy atom. The monoisotopic (exact) mass is 339 g/mol. The number of aliphatic carboxylic acids is 1. The molecule has 2 amide bonds. The first-order chi connectivity index (χ1) is 11.3. The lowest BCUT2D eigenvalue weighted by Gasteiger charge is -2.43. The molecule has 1 unspecified atom stereocenters. The molecule has 1 atom stereocenters. The molecule has 0 aromatic carbocycles. The van der Waals surface area contributed by atoms with E-state index in [2.05, 4.69) is 5.32 Å². The average Bonchev–Trinajstić information content (AvgIpc) is 2.86.